The van der Waals surface area contributed by atoms with Crippen LogP contribution in [-0.2, 0) is 6.42 Å². The SMILES string of the molecule is c1ccc(-c2ccc3c(c2)CCC(c2ccc(-c4cc(-c5ccc(-n6c7cc(-c8ccccc8)ccc7c7c8ccccc8ccc76)cc5)cc(-c5ccc(-n6c7cc(-c8ccccc8)ccc7c7c8ccccc8ccc76)cc5)c4)cc2)c2ccc4ccccc4c2-3)cc1. The van der Waals surface area contributed by atoms with Crippen LogP contribution in [0.25, 0.3) is 165 Å². The normalized spacial score (nSPS) is 13.1. The first kappa shape index (κ1) is 54.6. The maximum Gasteiger partial charge on any atom is 0.0547 e. The molecule has 18 aromatic rings. The number of aryl methyl sites for hydroxylation is 1. The van der Waals surface area contributed by atoms with Gasteiger partial charge >= 0.3 is 0 Å². The lowest BCUT2D eigenvalue weighted by molar-refractivity contribution is 0.726. The van der Waals surface area contributed by atoms with Crippen LogP contribution in [0.1, 0.15) is 29.0 Å². The van der Waals surface area contributed by atoms with Gasteiger partial charge in [-0.15, -0.1) is 0 Å². The Morgan fingerprint density at radius 1 is 0.242 bits per heavy atom. The van der Waals surface area contributed by atoms with Gasteiger partial charge in [0, 0.05) is 38.8 Å². The van der Waals surface area contributed by atoms with E-state index in [0.29, 0.717) is 0 Å². The second kappa shape index (κ2) is 22.3. The summed E-state index contributed by atoms with van der Waals surface area (Å²) in [4.78, 5) is 0. The van der Waals surface area contributed by atoms with E-state index in [4.69, 9.17) is 0 Å². The molecule has 95 heavy (non-hydrogen) atoms. The molecule has 0 aliphatic heterocycles. The van der Waals surface area contributed by atoms with Gasteiger partial charge in [-0.3, -0.25) is 0 Å². The highest BCUT2D eigenvalue weighted by Crippen LogP contribution is 2.48. The van der Waals surface area contributed by atoms with E-state index < -0.39 is 0 Å². The fourth-order valence-corrected chi connectivity index (χ4v) is 15.9. The molecule has 19 rings (SSSR count). The Labute approximate surface area is 552 Å². The van der Waals surface area contributed by atoms with Gasteiger partial charge in [0.05, 0.1) is 22.1 Å². The molecule has 0 amide bonds. The van der Waals surface area contributed by atoms with E-state index in [9.17, 15) is 0 Å². The molecule has 444 valence electrons. The number of nitrogens with zero attached hydrogens (tertiary/aromatic N) is 2. The molecule has 2 aromatic heterocycles. The summed E-state index contributed by atoms with van der Waals surface area (Å²) in [6.07, 6.45) is 2.00. The van der Waals surface area contributed by atoms with Crippen molar-refractivity contribution in [2.45, 2.75) is 18.8 Å². The summed E-state index contributed by atoms with van der Waals surface area (Å²) in [5.41, 5.74) is 28.2. The highest BCUT2D eigenvalue weighted by molar-refractivity contribution is 6.23. The molecule has 1 aliphatic rings. The minimum absolute atomic E-state index is 0.214. The Kier molecular flexibility index (Phi) is 12.8. The molecular formula is C93H62N2. The molecule has 0 saturated carbocycles. The van der Waals surface area contributed by atoms with Gasteiger partial charge in [0.2, 0.25) is 0 Å². The molecule has 0 fully saturated rings. The van der Waals surface area contributed by atoms with Gasteiger partial charge < -0.3 is 9.13 Å². The minimum Gasteiger partial charge on any atom is -0.309 e. The molecule has 1 aliphatic carbocycles. The van der Waals surface area contributed by atoms with E-state index in [1.165, 1.54) is 148 Å². The molecule has 1 unspecified atom stereocenters. The highest BCUT2D eigenvalue weighted by Gasteiger charge is 2.27. The maximum absolute atomic E-state index is 2.47. The summed E-state index contributed by atoms with van der Waals surface area (Å²) in [7, 11) is 0. The molecule has 1 atom stereocenters. The minimum atomic E-state index is 0.214. The summed E-state index contributed by atoms with van der Waals surface area (Å²) in [5, 5.41) is 12.7. The second-order valence-electron chi connectivity index (χ2n) is 25.8. The van der Waals surface area contributed by atoms with E-state index in [2.05, 4.69) is 355 Å². The van der Waals surface area contributed by atoms with Crippen LogP contribution in [0.4, 0.5) is 0 Å². The molecule has 2 nitrogen and oxygen atoms in total. The van der Waals surface area contributed by atoms with Crippen LogP contribution in [0.3, 0.4) is 0 Å². The zero-order valence-corrected chi connectivity index (χ0v) is 52.3. The van der Waals surface area contributed by atoms with Crippen molar-refractivity contribution in [1.82, 2.24) is 9.13 Å². The molecule has 0 N–H and O–H groups in total. The Morgan fingerprint density at radius 2 is 0.621 bits per heavy atom. The summed E-state index contributed by atoms with van der Waals surface area (Å²) in [5.74, 6) is 0.214. The predicted molar refractivity (Wildman–Crippen MR) is 402 cm³/mol. The largest absolute Gasteiger partial charge is 0.309 e. The third kappa shape index (κ3) is 9.24. The van der Waals surface area contributed by atoms with E-state index in [1.54, 1.807) is 0 Å². The van der Waals surface area contributed by atoms with Gasteiger partial charge in [-0.1, -0.05) is 279 Å². The monoisotopic (exact) mass is 1210 g/mol. The first-order valence-corrected chi connectivity index (χ1v) is 33.3. The Bertz CT molecular complexity index is 5780. The average Bonchev–Trinajstić information content (AvgIpc) is 1.59. The summed E-state index contributed by atoms with van der Waals surface area (Å²) >= 11 is 0. The first-order chi connectivity index (χ1) is 47.1. The van der Waals surface area contributed by atoms with Crippen molar-refractivity contribution in [3.63, 3.8) is 0 Å². The molecule has 2 heterocycles. The third-order valence-corrected chi connectivity index (χ3v) is 20.5. The van der Waals surface area contributed by atoms with Crippen LogP contribution in [0.5, 0.6) is 0 Å². The molecule has 0 radical (unpaired) electrons. The van der Waals surface area contributed by atoms with Crippen molar-refractivity contribution >= 4 is 75.9 Å². The summed E-state index contributed by atoms with van der Waals surface area (Å²) < 4.78 is 4.94. The molecule has 0 saturated heterocycles. The lowest BCUT2D eigenvalue weighted by Gasteiger charge is -2.21. The number of hydrogen-bond donors (Lipinski definition) is 0. The van der Waals surface area contributed by atoms with Crippen LogP contribution in [-0.4, -0.2) is 9.13 Å². The fourth-order valence-electron chi connectivity index (χ4n) is 15.9. The van der Waals surface area contributed by atoms with Gasteiger partial charge in [-0.25, -0.2) is 0 Å². The number of hydrogen-bond acceptors (Lipinski definition) is 0. The number of rotatable bonds is 9. The molecule has 0 bridgehead atoms. The standard InChI is InChI=1S/C93H62N2/c1-4-16-60(17-5-1)70-37-48-83-73(54-70)40-47-79(84-49-36-66-22-10-13-25-80(66)91(83)84)69-30-28-63(29-31-69)74-55-75(64-32-43-77(44-33-64)94-87-52-41-67-23-11-14-26-81(67)92(87)85-50-38-71(58-89(85)94)61-18-6-2-7-19-61)57-76(56-74)65-34-45-78(46-35-65)95-88-53-42-68-24-12-15-27-82(68)93(88)86-51-39-72(59-90(86)95)62-20-8-3-9-21-62/h1-39,41-46,48-59,79H,40,47H2. The lowest BCUT2D eigenvalue weighted by Crippen LogP contribution is -2.02. The van der Waals surface area contributed by atoms with Crippen LogP contribution in [0.15, 0.2) is 346 Å². The van der Waals surface area contributed by atoms with Crippen molar-refractivity contribution < 1.29 is 0 Å². The zero-order valence-electron chi connectivity index (χ0n) is 52.3. The first-order valence-electron chi connectivity index (χ1n) is 33.3. The van der Waals surface area contributed by atoms with E-state index in [0.717, 1.165) is 46.5 Å². The van der Waals surface area contributed by atoms with Gasteiger partial charge in [0.25, 0.3) is 0 Å². The van der Waals surface area contributed by atoms with Crippen molar-refractivity contribution in [3.8, 4) is 89.3 Å². The molecule has 2 heteroatoms. The quantitative estimate of drug-likeness (QED) is 0.136. The lowest BCUT2D eigenvalue weighted by atomic mass is 9.83. The Balaban J connectivity index is 0.740. The highest BCUT2D eigenvalue weighted by atomic mass is 15.0. The molecule has 16 aromatic carbocycles. The van der Waals surface area contributed by atoms with Crippen molar-refractivity contribution in [1.29, 1.82) is 0 Å². The van der Waals surface area contributed by atoms with Gasteiger partial charge in [0.1, 0.15) is 0 Å². The number of aromatic nitrogens is 2. The topological polar surface area (TPSA) is 9.86 Å². The second-order valence-corrected chi connectivity index (χ2v) is 25.8. The average molecular weight is 1210 g/mol. The van der Waals surface area contributed by atoms with E-state index in [-0.39, 0.29) is 5.92 Å². The smallest absolute Gasteiger partial charge is 0.0547 e. The zero-order chi connectivity index (χ0) is 62.5. The number of fused-ring (bicyclic) bond motifs is 15. The van der Waals surface area contributed by atoms with Crippen LogP contribution >= 0.6 is 0 Å². The molecule has 0 spiro atoms. The van der Waals surface area contributed by atoms with Crippen molar-refractivity contribution in [2.75, 3.05) is 0 Å². The van der Waals surface area contributed by atoms with Gasteiger partial charge in [-0.05, 0) is 206 Å². The van der Waals surface area contributed by atoms with Crippen LogP contribution in [0.2, 0.25) is 0 Å². The fraction of sp³-hybridized carbons (Fsp3) is 0.0323. The predicted octanol–water partition coefficient (Wildman–Crippen LogP) is 25.1. The third-order valence-electron chi connectivity index (χ3n) is 20.5. The van der Waals surface area contributed by atoms with Crippen LogP contribution in [0, 0.1) is 0 Å². The van der Waals surface area contributed by atoms with E-state index in [1.807, 2.05) is 0 Å². The van der Waals surface area contributed by atoms with Gasteiger partial charge in [-0.2, -0.15) is 0 Å². The summed E-state index contributed by atoms with van der Waals surface area (Å²) in [6.45, 7) is 0. The van der Waals surface area contributed by atoms with E-state index >= 15 is 0 Å². The Morgan fingerprint density at radius 3 is 1.11 bits per heavy atom. The molecular weight excluding hydrogens is 1150 g/mol. The maximum atomic E-state index is 2.47. The summed E-state index contributed by atoms with van der Waals surface area (Å²) in [6, 6.07) is 129. The number of benzene rings is 16. The van der Waals surface area contributed by atoms with Crippen LogP contribution < -0.4 is 0 Å². The van der Waals surface area contributed by atoms with Crippen molar-refractivity contribution in [3.05, 3.63) is 362 Å². The van der Waals surface area contributed by atoms with Crippen molar-refractivity contribution in [2.24, 2.45) is 0 Å². The Hall–Kier alpha value is -12.1. The van der Waals surface area contributed by atoms with Gasteiger partial charge in [0.15, 0.2) is 0 Å².